The van der Waals surface area contributed by atoms with Crippen molar-refractivity contribution in [2.24, 2.45) is 0 Å². The van der Waals surface area contributed by atoms with Crippen molar-refractivity contribution in [2.45, 2.75) is 33.7 Å². The zero-order valence-electron chi connectivity index (χ0n) is 13.7. The molecule has 22 heavy (non-hydrogen) atoms. The van der Waals surface area contributed by atoms with Crippen LogP contribution in [0.15, 0.2) is 60.2 Å². The Morgan fingerprint density at radius 1 is 1.05 bits per heavy atom. The maximum Gasteiger partial charge on any atom is 4.00 e. The third kappa shape index (κ3) is 12.5. The summed E-state index contributed by atoms with van der Waals surface area (Å²) < 4.78 is 0. The number of hydrogen-bond acceptors (Lipinski definition) is 0. The molecule has 0 saturated heterocycles. The summed E-state index contributed by atoms with van der Waals surface area (Å²) in [7, 11) is 2.97. The van der Waals surface area contributed by atoms with Gasteiger partial charge >= 0.3 is 26.2 Å². The molecule has 4 heteroatoms. The Hall–Kier alpha value is -0.0100. The first-order chi connectivity index (χ1) is 9.36. The monoisotopic (exact) mass is 427 g/mol. The zero-order valence-corrected chi connectivity index (χ0v) is 18.6. The van der Waals surface area contributed by atoms with Gasteiger partial charge in [-0.1, -0.05) is 26.5 Å². The smallest absolute Gasteiger partial charge is 1.00 e. The van der Waals surface area contributed by atoms with E-state index in [2.05, 4.69) is 71.8 Å². The van der Waals surface area contributed by atoms with Crippen LogP contribution in [0.5, 0.6) is 0 Å². The summed E-state index contributed by atoms with van der Waals surface area (Å²) in [6.45, 7) is 7.89. The quantitative estimate of drug-likeness (QED) is 0.391. The Morgan fingerprint density at radius 2 is 1.64 bits per heavy atom. The van der Waals surface area contributed by atoms with E-state index in [0.717, 1.165) is 6.42 Å². The number of halogens is 2. The van der Waals surface area contributed by atoms with Crippen molar-refractivity contribution >= 4 is 21.0 Å². The molecule has 3 rings (SSSR count). The van der Waals surface area contributed by atoms with E-state index in [1.807, 2.05) is 19.9 Å². The predicted octanol–water partition coefficient (Wildman–Crippen LogP) is -0.511. The molecule has 0 atom stereocenters. The van der Waals surface area contributed by atoms with Crippen molar-refractivity contribution < 1.29 is 51.0 Å². The maximum absolute atomic E-state index is 3.05. The van der Waals surface area contributed by atoms with Crippen molar-refractivity contribution in [3.05, 3.63) is 66.3 Å². The van der Waals surface area contributed by atoms with E-state index in [-0.39, 0.29) is 51.0 Å². The van der Waals surface area contributed by atoms with E-state index in [4.69, 9.17) is 0 Å². The Morgan fingerprint density at radius 3 is 2.05 bits per heavy atom. The van der Waals surface area contributed by atoms with Gasteiger partial charge < -0.3 is 24.8 Å². The first-order valence-electron chi connectivity index (χ1n) is 6.70. The van der Waals surface area contributed by atoms with E-state index >= 15 is 0 Å². The summed E-state index contributed by atoms with van der Waals surface area (Å²) in [5.41, 5.74) is 1.34. The Kier molecular flexibility index (Phi) is 28.6. The third-order valence-corrected chi connectivity index (χ3v) is 2.42. The molecule has 1 aliphatic carbocycles. The molecule has 117 valence electrons. The van der Waals surface area contributed by atoms with Crippen LogP contribution in [-0.4, -0.2) is 10.2 Å². The van der Waals surface area contributed by atoms with E-state index < -0.39 is 0 Å². The molecule has 0 fully saturated rings. The van der Waals surface area contributed by atoms with Crippen LogP contribution in [0.25, 0.3) is 10.8 Å². The van der Waals surface area contributed by atoms with Gasteiger partial charge in [0.05, 0.1) is 0 Å². The molecule has 2 aromatic carbocycles. The molecule has 0 nitrogen and oxygen atoms in total. The van der Waals surface area contributed by atoms with E-state index in [1.165, 1.54) is 16.3 Å². The predicted molar refractivity (Wildman–Crippen MR) is 88.7 cm³/mol. The molecule has 0 saturated carbocycles. The minimum Gasteiger partial charge on any atom is -1.00 e. The molecule has 0 aromatic heterocycles. The first-order valence-corrected chi connectivity index (χ1v) is 7.70. The van der Waals surface area contributed by atoms with Crippen LogP contribution in [0, 0.1) is 6.08 Å². The van der Waals surface area contributed by atoms with Crippen molar-refractivity contribution in [3.63, 3.8) is 0 Å². The van der Waals surface area contributed by atoms with Gasteiger partial charge in [0, 0.05) is 10.2 Å². The van der Waals surface area contributed by atoms with E-state index in [0.29, 0.717) is 0 Å². The summed E-state index contributed by atoms with van der Waals surface area (Å²) in [4.78, 5) is 0. The third-order valence-electron chi connectivity index (χ3n) is 2.42. The number of hydrogen-bond donors (Lipinski definition) is 0. The van der Waals surface area contributed by atoms with Crippen LogP contribution in [0.3, 0.4) is 0 Å². The minimum atomic E-state index is 0. The normalized spacial score (nSPS) is 9.77. The van der Waals surface area contributed by atoms with Gasteiger partial charge in [0.15, 0.2) is 0 Å². The number of benzene rings is 1. The number of allylic oxidation sites excluding steroid dienone is 4. The summed E-state index contributed by atoms with van der Waals surface area (Å²) in [5, 5.41) is 2.66. The Balaban J connectivity index is -0.000000112. The maximum atomic E-state index is 3.05. The standard InChI is InChI=1S/C9H7.C6H7.C2H6.CH3Si.2ClH.Zr/c1-2-5-9-7-3-6-8(9)4-1;1-6-4-2-3-5-6;2*1-2;;;/h1-7H;4-5H,2H2,1H3;1-2H3;1H3;2*1H;/q2*-1;;;;;+4/p-2. The van der Waals surface area contributed by atoms with Crippen molar-refractivity contribution in [2.75, 3.05) is 0 Å². The summed E-state index contributed by atoms with van der Waals surface area (Å²) in [6.07, 6.45) is 8.24. The molecule has 0 bridgehead atoms. The molecule has 0 spiro atoms. The van der Waals surface area contributed by atoms with Crippen LogP contribution in [0.2, 0.25) is 6.55 Å². The molecule has 0 unspecified atom stereocenters. The first kappa shape index (κ1) is 29.9. The van der Waals surface area contributed by atoms with Crippen LogP contribution in [0.4, 0.5) is 0 Å². The molecule has 0 amide bonds. The molecular formula is C18H23Cl2SiZr. The molecule has 0 aliphatic heterocycles. The molecule has 1 aliphatic rings. The van der Waals surface area contributed by atoms with Crippen molar-refractivity contribution in [1.82, 2.24) is 0 Å². The minimum absolute atomic E-state index is 0. The Labute approximate surface area is 171 Å². The second-order valence-electron chi connectivity index (χ2n) is 3.66. The van der Waals surface area contributed by atoms with Gasteiger partial charge in [-0.3, -0.25) is 6.08 Å². The molecule has 0 heterocycles. The van der Waals surface area contributed by atoms with Gasteiger partial charge in [-0.05, 0) is 0 Å². The van der Waals surface area contributed by atoms with Crippen LogP contribution in [-0.2, 0) is 26.2 Å². The fraction of sp³-hybridized carbons (Fsp3) is 0.278. The van der Waals surface area contributed by atoms with E-state index in [9.17, 15) is 0 Å². The fourth-order valence-corrected chi connectivity index (χ4v) is 1.57. The largest absolute Gasteiger partial charge is 4.00 e. The van der Waals surface area contributed by atoms with Crippen LogP contribution in [0.1, 0.15) is 27.2 Å². The molecular weight excluding hydrogens is 406 g/mol. The number of fused-ring (bicyclic) bond motifs is 1. The summed E-state index contributed by atoms with van der Waals surface area (Å²) in [6, 6.07) is 14.7. The topological polar surface area (TPSA) is 0 Å². The van der Waals surface area contributed by atoms with Crippen molar-refractivity contribution in [1.29, 1.82) is 0 Å². The Bertz CT molecular complexity index is 472. The van der Waals surface area contributed by atoms with Crippen molar-refractivity contribution in [3.8, 4) is 0 Å². The van der Waals surface area contributed by atoms with Gasteiger partial charge in [-0.25, -0.2) is 11.6 Å². The van der Waals surface area contributed by atoms with E-state index in [1.54, 1.807) is 6.55 Å². The van der Waals surface area contributed by atoms with Gasteiger partial charge in [0.25, 0.3) is 0 Å². The fourth-order valence-electron chi connectivity index (χ4n) is 1.57. The van der Waals surface area contributed by atoms with Gasteiger partial charge in [0.2, 0.25) is 0 Å². The SMILES string of the molecule is CC.CC1=CC[C-]=C1.C[Si].[Cl-].[Cl-].[Zr+4].c1ccc2[cH-]ccc2c1. The molecule has 0 N–H and O–H groups in total. The van der Waals surface area contributed by atoms with Gasteiger partial charge in [-0.15, -0.1) is 43.0 Å². The average Bonchev–Trinajstić information content (AvgIpc) is 3.14. The second kappa shape index (κ2) is 21.0. The van der Waals surface area contributed by atoms with Gasteiger partial charge in [-0.2, -0.15) is 23.6 Å². The molecule has 2 aromatic rings. The second-order valence-corrected chi connectivity index (χ2v) is 3.66. The summed E-state index contributed by atoms with van der Waals surface area (Å²) >= 11 is 0. The van der Waals surface area contributed by atoms with Gasteiger partial charge in [0.1, 0.15) is 0 Å². The summed E-state index contributed by atoms with van der Waals surface area (Å²) in [5.74, 6) is 0. The number of rotatable bonds is 0. The van der Waals surface area contributed by atoms with Crippen LogP contribution >= 0.6 is 0 Å². The molecule has 3 radical (unpaired) electrons. The average molecular weight is 430 g/mol. The zero-order chi connectivity index (χ0) is 14.5. The van der Waals surface area contributed by atoms with Crippen LogP contribution < -0.4 is 24.8 Å².